The van der Waals surface area contributed by atoms with E-state index in [0.29, 0.717) is 34.4 Å². The van der Waals surface area contributed by atoms with Gasteiger partial charge in [0.05, 0.1) is 6.61 Å². The number of rotatable bonds is 5. The van der Waals surface area contributed by atoms with Crippen molar-refractivity contribution in [3.63, 3.8) is 0 Å². The minimum atomic E-state index is -0.852. The van der Waals surface area contributed by atoms with Crippen molar-refractivity contribution in [1.29, 1.82) is 0 Å². The van der Waals surface area contributed by atoms with Crippen LogP contribution in [0.4, 0.5) is 4.79 Å². The number of ether oxygens (including phenoxy) is 1. The lowest BCUT2D eigenvalue weighted by atomic mass is 10.0. The van der Waals surface area contributed by atoms with Crippen molar-refractivity contribution in [3.8, 4) is 5.75 Å². The van der Waals surface area contributed by atoms with Gasteiger partial charge < -0.3 is 4.74 Å². The zero-order chi connectivity index (χ0) is 20.3. The van der Waals surface area contributed by atoms with Gasteiger partial charge in [0.15, 0.2) is 0 Å². The molecule has 0 saturated carbocycles. The van der Waals surface area contributed by atoms with Crippen molar-refractivity contribution < 1.29 is 19.1 Å². The minimum absolute atomic E-state index is 0.197. The highest BCUT2D eigenvalue weighted by atomic mass is 35.5. The van der Waals surface area contributed by atoms with E-state index in [1.165, 1.54) is 6.08 Å². The van der Waals surface area contributed by atoms with Crippen LogP contribution in [0.15, 0.2) is 42.0 Å². The van der Waals surface area contributed by atoms with Gasteiger partial charge >= 0.3 is 6.03 Å². The lowest BCUT2D eigenvalue weighted by Crippen LogP contribution is -2.51. The largest absolute Gasteiger partial charge is 0.494 e. The number of halogens is 2. The van der Waals surface area contributed by atoms with Crippen molar-refractivity contribution in [2.75, 3.05) is 6.61 Å². The molecule has 0 spiro atoms. The summed E-state index contributed by atoms with van der Waals surface area (Å²) in [6.07, 6.45) is 1.81. The van der Waals surface area contributed by atoms with Gasteiger partial charge in [0.25, 0.3) is 11.8 Å². The highest BCUT2D eigenvalue weighted by molar-refractivity contribution is 6.33. The van der Waals surface area contributed by atoms with Crippen LogP contribution in [0.1, 0.15) is 23.6 Å². The summed E-state index contributed by atoms with van der Waals surface area (Å²) in [5.41, 5.74) is 1.93. The number of urea groups is 1. The monoisotopic (exact) mass is 418 g/mol. The van der Waals surface area contributed by atoms with E-state index in [0.717, 1.165) is 11.1 Å². The molecule has 2 aromatic rings. The van der Waals surface area contributed by atoms with Crippen molar-refractivity contribution in [3.05, 3.63) is 68.7 Å². The van der Waals surface area contributed by atoms with E-state index in [1.807, 2.05) is 35.8 Å². The molecule has 1 fully saturated rings. The first kappa shape index (κ1) is 19.9. The molecule has 1 heterocycles. The Bertz CT molecular complexity index is 980. The number of carbonyl (C=O) groups excluding carboxylic acids is 3. The highest BCUT2D eigenvalue weighted by Gasteiger charge is 2.27. The Balaban J connectivity index is 2.00. The van der Waals surface area contributed by atoms with Gasteiger partial charge in [0, 0.05) is 22.0 Å². The van der Waals surface area contributed by atoms with Gasteiger partial charge in [-0.25, -0.2) is 4.79 Å². The molecule has 0 bridgehead atoms. The van der Waals surface area contributed by atoms with E-state index in [9.17, 15) is 14.4 Å². The first-order valence-corrected chi connectivity index (χ1v) is 9.21. The summed E-state index contributed by atoms with van der Waals surface area (Å²) < 4.78 is 5.72. The van der Waals surface area contributed by atoms with Gasteiger partial charge in [-0.05, 0) is 42.3 Å². The molecule has 2 N–H and O–H groups in total. The predicted molar refractivity (Wildman–Crippen MR) is 107 cm³/mol. The second-order valence-electron chi connectivity index (χ2n) is 5.98. The number of carbonyl (C=O) groups is 3. The fourth-order valence-corrected chi connectivity index (χ4v) is 3.26. The Kier molecular flexibility index (Phi) is 6.02. The van der Waals surface area contributed by atoms with Gasteiger partial charge in [-0.1, -0.05) is 41.4 Å². The Morgan fingerprint density at radius 2 is 1.68 bits per heavy atom. The lowest BCUT2D eigenvalue weighted by Gasteiger charge is -2.16. The zero-order valence-electron chi connectivity index (χ0n) is 14.8. The predicted octanol–water partition coefficient (Wildman–Crippen LogP) is 3.73. The summed E-state index contributed by atoms with van der Waals surface area (Å²) in [5.74, 6) is -1.03. The topological polar surface area (TPSA) is 84.5 Å². The molecule has 6 nitrogen and oxygen atoms in total. The summed E-state index contributed by atoms with van der Waals surface area (Å²) in [7, 11) is 0. The normalized spacial score (nSPS) is 13.8. The van der Waals surface area contributed by atoms with Gasteiger partial charge in [0.2, 0.25) is 0 Å². The molecule has 3 rings (SSSR count). The SMILES string of the molecule is CCOc1cc(C=C2C(=O)NC(=O)NC2=O)cc(Cl)c1Cc1ccccc1Cl. The summed E-state index contributed by atoms with van der Waals surface area (Å²) in [5, 5.41) is 5.08. The molecule has 1 aliphatic rings. The molecule has 0 unspecified atom stereocenters. The number of hydrogen-bond donors (Lipinski definition) is 2. The summed E-state index contributed by atoms with van der Waals surface area (Å²) in [4.78, 5) is 35.0. The fourth-order valence-electron chi connectivity index (χ4n) is 2.78. The van der Waals surface area contributed by atoms with Crippen LogP contribution in [0.25, 0.3) is 6.08 Å². The number of imide groups is 2. The van der Waals surface area contributed by atoms with E-state index in [-0.39, 0.29) is 5.57 Å². The van der Waals surface area contributed by atoms with Gasteiger partial charge in [0.1, 0.15) is 11.3 Å². The van der Waals surface area contributed by atoms with E-state index in [1.54, 1.807) is 18.2 Å². The van der Waals surface area contributed by atoms with E-state index < -0.39 is 17.8 Å². The summed E-state index contributed by atoms with van der Waals surface area (Å²) >= 11 is 12.7. The van der Waals surface area contributed by atoms with E-state index in [2.05, 4.69) is 0 Å². The molecule has 4 amide bonds. The van der Waals surface area contributed by atoms with Gasteiger partial charge in [-0.15, -0.1) is 0 Å². The first-order chi connectivity index (χ1) is 13.4. The lowest BCUT2D eigenvalue weighted by molar-refractivity contribution is -0.123. The quantitative estimate of drug-likeness (QED) is 0.572. The number of amides is 4. The molecular weight excluding hydrogens is 403 g/mol. The third-order valence-electron chi connectivity index (χ3n) is 4.06. The van der Waals surface area contributed by atoms with E-state index in [4.69, 9.17) is 27.9 Å². The Hall–Kier alpha value is -2.83. The van der Waals surface area contributed by atoms with Crippen LogP contribution in [0, 0.1) is 0 Å². The molecule has 0 radical (unpaired) electrons. The molecule has 144 valence electrons. The maximum atomic E-state index is 11.9. The number of barbiturate groups is 1. The number of hydrogen-bond acceptors (Lipinski definition) is 4. The average Bonchev–Trinajstić information content (AvgIpc) is 2.63. The molecular formula is C20H16Cl2N2O4. The van der Waals surface area contributed by atoms with Crippen LogP contribution < -0.4 is 15.4 Å². The van der Waals surface area contributed by atoms with Crippen LogP contribution >= 0.6 is 23.2 Å². The molecule has 2 aromatic carbocycles. The maximum absolute atomic E-state index is 11.9. The van der Waals surface area contributed by atoms with Crippen molar-refractivity contribution in [2.45, 2.75) is 13.3 Å². The molecule has 28 heavy (non-hydrogen) atoms. The Morgan fingerprint density at radius 1 is 1.00 bits per heavy atom. The van der Waals surface area contributed by atoms with Crippen LogP contribution in [0.5, 0.6) is 5.75 Å². The number of nitrogens with one attached hydrogen (secondary N) is 2. The molecule has 1 aliphatic heterocycles. The molecule has 1 saturated heterocycles. The second kappa shape index (κ2) is 8.46. The van der Waals surface area contributed by atoms with Gasteiger partial charge in [-0.3, -0.25) is 20.2 Å². The summed E-state index contributed by atoms with van der Waals surface area (Å²) in [6.45, 7) is 2.24. The standard InChI is InChI=1S/C20H16Cl2N2O4/c1-2-28-17-9-11(7-14-18(25)23-20(27)24-19(14)26)8-16(22)13(17)10-12-5-3-4-6-15(12)21/h3-9H,2,10H2,1H3,(H2,23,24,25,26,27). The fraction of sp³-hybridized carbons (Fsp3) is 0.150. The Morgan fingerprint density at radius 3 is 2.32 bits per heavy atom. The minimum Gasteiger partial charge on any atom is -0.494 e. The van der Waals surface area contributed by atoms with Crippen LogP contribution in [-0.4, -0.2) is 24.5 Å². The average molecular weight is 419 g/mol. The third-order valence-corrected chi connectivity index (χ3v) is 4.76. The van der Waals surface area contributed by atoms with Crippen LogP contribution in [0.3, 0.4) is 0 Å². The van der Waals surface area contributed by atoms with Crippen molar-refractivity contribution >= 4 is 47.1 Å². The Labute approximate surface area is 171 Å². The molecule has 0 aliphatic carbocycles. The number of benzene rings is 2. The first-order valence-electron chi connectivity index (χ1n) is 8.46. The zero-order valence-corrected chi connectivity index (χ0v) is 16.4. The molecule has 0 atom stereocenters. The maximum Gasteiger partial charge on any atom is 0.328 e. The smallest absolute Gasteiger partial charge is 0.328 e. The third kappa shape index (κ3) is 4.35. The van der Waals surface area contributed by atoms with Crippen molar-refractivity contribution in [1.82, 2.24) is 10.6 Å². The second-order valence-corrected chi connectivity index (χ2v) is 6.79. The summed E-state index contributed by atoms with van der Waals surface area (Å²) in [6, 6.07) is 9.89. The van der Waals surface area contributed by atoms with Crippen molar-refractivity contribution in [2.24, 2.45) is 0 Å². The molecule has 0 aromatic heterocycles. The van der Waals surface area contributed by atoms with E-state index >= 15 is 0 Å². The highest BCUT2D eigenvalue weighted by Crippen LogP contribution is 2.33. The van der Waals surface area contributed by atoms with Crippen LogP contribution in [0.2, 0.25) is 10.0 Å². The van der Waals surface area contributed by atoms with Crippen LogP contribution in [-0.2, 0) is 16.0 Å². The van der Waals surface area contributed by atoms with Gasteiger partial charge in [-0.2, -0.15) is 0 Å². The molecule has 8 heteroatoms.